The van der Waals surface area contributed by atoms with Gasteiger partial charge in [-0.1, -0.05) is 0 Å². The highest BCUT2D eigenvalue weighted by molar-refractivity contribution is 5.93. The molecule has 1 aromatic heterocycles. The molecule has 0 saturated heterocycles. The third kappa shape index (κ3) is 3.49. The SMILES string of the molecule is CC(C)(N)CNC(=O)c1ccnnc1. The molecule has 0 aromatic carbocycles. The molecule has 0 aliphatic carbocycles. The number of hydrogen-bond acceptors (Lipinski definition) is 4. The van der Waals surface area contributed by atoms with Crippen molar-refractivity contribution >= 4 is 5.91 Å². The molecule has 0 radical (unpaired) electrons. The molecule has 1 aromatic rings. The summed E-state index contributed by atoms with van der Waals surface area (Å²) in [5.41, 5.74) is 5.80. The Bertz CT molecular complexity index is 304. The second-order valence-electron chi connectivity index (χ2n) is 3.80. The van der Waals surface area contributed by atoms with Gasteiger partial charge >= 0.3 is 0 Å². The van der Waals surface area contributed by atoms with Crippen LogP contribution >= 0.6 is 0 Å². The van der Waals surface area contributed by atoms with Crippen LogP contribution in [0.15, 0.2) is 18.5 Å². The van der Waals surface area contributed by atoms with Crippen molar-refractivity contribution < 1.29 is 4.79 Å². The maximum absolute atomic E-state index is 11.5. The molecule has 0 spiro atoms. The molecule has 0 bridgehead atoms. The van der Waals surface area contributed by atoms with Crippen LogP contribution in [0.2, 0.25) is 0 Å². The Morgan fingerprint density at radius 2 is 2.29 bits per heavy atom. The number of rotatable bonds is 3. The lowest BCUT2D eigenvalue weighted by molar-refractivity contribution is 0.0945. The smallest absolute Gasteiger partial charge is 0.253 e. The van der Waals surface area contributed by atoms with Crippen LogP contribution in [0.25, 0.3) is 0 Å². The molecule has 5 nitrogen and oxygen atoms in total. The molecule has 0 aliphatic rings. The van der Waals surface area contributed by atoms with Gasteiger partial charge in [-0.25, -0.2) is 0 Å². The number of aromatic nitrogens is 2. The average Bonchev–Trinajstić information content (AvgIpc) is 2.14. The quantitative estimate of drug-likeness (QED) is 0.706. The van der Waals surface area contributed by atoms with Gasteiger partial charge in [-0.2, -0.15) is 10.2 Å². The molecular formula is C9H14N4O. The lowest BCUT2D eigenvalue weighted by Gasteiger charge is -2.18. The number of amides is 1. The van der Waals surface area contributed by atoms with Gasteiger partial charge in [-0.05, 0) is 19.9 Å². The van der Waals surface area contributed by atoms with Crippen molar-refractivity contribution in [2.75, 3.05) is 6.54 Å². The minimum Gasteiger partial charge on any atom is -0.350 e. The maximum Gasteiger partial charge on any atom is 0.253 e. The first-order valence-electron chi connectivity index (χ1n) is 4.33. The molecule has 5 heteroatoms. The Morgan fingerprint density at radius 1 is 1.57 bits per heavy atom. The van der Waals surface area contributed by atoms with E-state index in [-0.39, 0.29) is 5.91 Å². The van der Waals surface area contributed by atoms with Gasteiger partial charge in [0.1, 0.15) is 0 Å². The third-order valence-corrected chi connectivity index (χ3v) is 1.55. The second-order valence-corrected chi connectivity index (χ2v) is 3.80. The van der Waals surface area contributed by atoms with Crippen LogP contribution in [0.3, 0.4) is 0 Å². The molecule has 3 N–H and O–H groups in total. The zero-order valence-electron chi connectivity index (χ0n) is 8.32. The summed E-state index contributed by atoms with van der Waals surface area (Å²) in [6.45, 7) is 4.12. The van der Waals surface area contributed by atoms with Crippen LogP contribution < -0.4 is 11.1 Å². The van der Waals surface area contributed by atoms with E-state index in [1.165, 1.54) is 12.4 Å². The van der Waals surface area contributed by atoms with Crippen LogP contribution in [0, 0.1) is 0 Å². The van der Waals surface area contributed by atoms with Gasteiger partial charge in [-0.15, -0.1) is 0 Å². The molecule has 0 atom stereocenters. The summed E-state index contributed by atoms with van der Waals surface area (Å²) in [6, 6.07) is 1.60. The van der Waals surface area contributed by atoms with E-state index in [0.717, 1.165) is 0 Å². The first-order chi connectivity index (χ1) is 6.49. The predicted octanol–water partition coefficient (Wildman–Crippen LogP) is -0.0563. The standard InChI is InChI=1S/C9H14N4O/c1-9(2,10)6-11-8(14)7-3-4-12-13-5-7/h3-5H,6,10H2,1-2H3,(H,11,14). The van der Waals surface area contributed by atoms with Crippen molar-refractivity contribution in [3.63, 3.8) is 0 Å². The van der Waals surface area contributed by atoms with Crippen molar-refractivity contribution in [2.24, 2.45) is 5.73 Å². The highest BCUT2D eigenvalue weighted by atomic mass is 16.1. The fourth-order valence-electron chi connectivity index (χ4n) is 0.835. The largest absolute Gasteiger partial charge is 0.350 e. The summed E-state index contributed by atoms with van der Waals surface area (Å²) in [4.78, 5) is 11.5. The average molecular weight is 194 g/mol. The Morgan fingerprint density at radius 3 is 2.79 bits per heavy atom. The van der Waals surface area contributed by atoms with Gasteiger partial charge in [0.2, 0.25) is 0 Å². The van der Waals surface area contributed by atoms with Crippen LogP contribution in [-0.4, -0.2) is 28.2 Å². The molecule has 0 aliphatic heterocycles. The zero-order chi connectivity index (χ0) is 10.6. The van der Waals surface area contributed by atoms with Crippen molar-refractivity contribution in [2.45, 2.75) is 19.4 Å². The number of carbonyl (C=O) groups is 1. The van der Waals surface area contributed by atoms with Crippen LogP contribution in [0.4, 0.5) is 0 Å². The number of nitrogens with two attached hydrogens (primary N) is 1. The van der Waals surface area contributed by atoms with E-state index in [4.69, 9.17) is 5.73 Å². The summed E-state index contributed by atoms with van der Waals surface area (Å²) in [7, 11) is 0. The van der Waals surface area contributed by atoms with E-state index in [1.807, 2.05) is 13.8 Å². The monoisotopic (exact) mass is 194 g/mol. The molecule has 76 valence electrons. The van der Waals surface area contributed by atoms with Gasteiger partial charge in [0.25, 0.3) is 5.91 Å². The minimum atomic E-state index is -0.407. The van der Waals surface area contributed by atoms with Crippen molar-refractivity contribution in [3.05, 3.63) is 24.0 Å². The summed E-state index contributed by atoms with van der Waals surface area (Å²) in [5, 5.41) is 9.90. The van der Waals surface area contributed by atoms with Crippen LogP contribution in [0.5, 0.6) is 0 Å². The van der Waals surface area contributed by atoms with E-state index < -0.39 is 5.54 Å². The van der Waals surface area contributed by atoms with E-state index in [9.17, 15) is 4.79 Å². The van der Waals surface area contributed by atoms with Crippen LogP contribution in [-0.2, 0) is 0 Å². The Labute approximate surface area is 82.7 Å². The van der Waals surface area contributed by atoms with Gasteiger partial charge < -0.3 is 11.1 Å². The number of carbonyl (C=O) groups excluding carboxylic acids is 1. The number of hydrogen-bond donors (Lipinski definition) is 2. The third-order valence-electron chi connectivity index (χ3n) is 1.55. The molecule has 1 heterocycles. The summed E-state index contributed by atoms with van der Waals surface area (Å²) >= 11 is 0. The van der Waals surface area contributed by atoms with Crippen LogP contribution in [0.1, 0.15) is 24.2 Å². The molecule has 0 saturated carbocycles. The van der Waals surface area contributed by atoms with Gasteiger partial charge in [0.15, 0.2) is 0 Å². The summed E-state index contributed by atoms with van der Waals surface area (Å²) in [6.07, 6.45) is 2.89. The molecular weight excluding hydrogens is 180 g/mol. The number of nitrogens with one attached hydrogen (secondary N) is 1. The Kier molecular flexibility index (Phi) is 3.14. The zero-order valence-corrected chi connectivity index (χ0v) is 8.32. The first-order valence-corrected chi connectivity index (χ1v) is 4.33. The molecule has 1 amide bonds. The Balaban J connectivity index is 2.52. The number of nitrogens with zero attached hydrogens (tertiary/aromatic N) is 2. The lowest BCUT2D eigenvalue weighted by Crippen LogP contribution is -2.45. The van der Waals surface area contributed by atoms with E-state index in [0.29, 0.717) is 12.1 Å². The summed E-state index contributed by atoms with van der Waals surface area (Å²) in [5.74, 6) is -0.182. The van der Waals surface area contributed by atoms with Crippen molar-refractivity contribution in [3.8, 4) is 0 Å². The lowest BCUT2D eigenvalue weighted by atomic mass is 10.1. The minimum absolute atomic E-state index is 0.182. The van der Waals surface area contributed by atoms with Gasteiger partial charge in [0.05, 0.1) is 18.0 Å². The van der Waals surface area contributed by atoms with E-state index in [1.54, 1.807) is 6.07 Å². The normalized spacial score (nSPS) is 11.1. The Hall–Kier alpha value is -1.49. The predicted molar refractivity (Wildman–Crippen MR) is 52.6 cm³/mol. The molecule has 1 rings (SSSR count). The fourth-order valence-corrected chi connectivity index (χ4v) is 0.835. The molecule has 0 unspecified atom stereocenters. The highest BCUT2D eigenvalue weighted by Crippen LogP contribution is 1.96. The fraction of sp³-hybridized carbons (Fsp3) is 0.444. The summed E-state index contributed by atoms with van der Waals surface area (Å²) < 4.78 is 0. The first kappa shape index (κ1) is 10.6. The van der Waals surface area contributed by atoms with E-state index in [2.05, 4.69) is 15.5 Å². The van der Waals surface area contributed by atoms with E-state index >= 15 is 0 Å². The molecule has 14 heavy (non-hydrogen) atoms. The topological polar surface area (TPSA) is 80.9 Å². The molecule has 0 fully saturated rings. The van der Waals surface area contributed by atoms with Crippen molar-refractivity contribution in [1.29, 1.82) is 0 Å². The van der Waals surface area contributed by atoms with Gasteiger partial charge in [-0.3, -0.25) is 4.79 Å². The highest BCUT2D eigenvalue weighted by Gasteiger charge is 2.13. The maximum atomic E-state index is 11.5. The van der Waals surface area contributed by atoms with Gasteiger partial charge in [0, 0.05) is 12.1 Å². The second kappa shape index (κ2) is 4.15. The van der Waals surface area contributed by atoms with Crippen molar-refractivity contribution in [1.82, 2.24) is 15.5 Å².